The first-order chi connectivity index (χ1) is 22.6. The number of hydrogen-bond acceptors (Lipinski definition) is 7. The summed E-state index contributed by atoms with van der Waals surface area (Å²) in [7, 11) is -2.77. The van der Waals surface area contributed by atoms with Crippen LogP contribution in [0.2, 0.25) is 0 Å². The largest absolute Gasteiger partial charge is 0.453 e. The number of nitrogens with zero attached hydrogens (tertiary/aromatic N) is 1. The Morgan fingerprint density at radius 1 is 0.809 bits per heavy atom. The Labute approximate surface area is 276 Å². The summed E-state index contributed by atoms with van der Waals surface area (Å²) in [5.74, 6) is -1.03. The molecule has 0 radical (unpaired) electrons. The Balaban J connectivity index is 1.62. The van der Waals surface area contributed by atoms with Crippen LogP contribution in [-0.2, 0) is 32.6 Å². The summed E-state index contributed by atoms with van der Waals surface area (Å²) >= 11 is 0. The van der Waals surface area contributed by atoms with Crippen LogP contribution in [0.15, 0.2) is 114 Å². The molecule has 10 nitrogen and oxygen atoms in total. The SMILES string of the molecule is COC(=O)N[C@H](C(=O)Nc1cccc(C[C@@H](CO)N(C(C)C)S(=O)(=O)c2ccc(CO)cc2)c1)C(c1ccccc1)c1ccccc1. The number of aliphatic hydroxyl groups excluding tert-OH is 2. The molecule has 4 rings (SSSR count). The summed E-state index contributed by atoms with van der Waals surface area (Å²) in [4.78, 5) is 26.5. The van der Waals surface area contributed by atoms with Crippen molar-refractivity contribution in [3.05, 3.63) is 131 Å². The van der Waals surface area contributed by atoms with Crippen molar-refractivity contribution in [1.82, 2.24) is 9.62 Å². The van der Waals surface area contributed by atoms with Gasteiger partial charge < -0.3 is 25.6 Å². The first-order valence-corrected chi connectivity index (χ1v) is 16.7. The maximum absolute atomic E-state index is 13.9. The van der Waals surface area contributed by atoms with E-state index in [1.807, 2.05) is 60.7 Å². The van der Waals surface area contributed by atoms with Gasteiger partial charge in [-0.15, -0.1) is 0 Å². The van der Waals surface area contributed by atoms with E-state index in [0.717, 1.165) is 11.1 Å². The number of sulfonamides is 1. The lowest BCUT2D eigenvalue weighted by molar-refractivity contribution is -0.118. The second kappa shape index (κ2) is 16.3. The first-order valence-electron chi connectivity index (χ1n) is 15.3. The van der Waals surface area contributed by atoms with E-state index in [4.69, 9.17) is 4.74 Å². The number of carbonyl (C=O) groups excluding carboxylic acids is 2. The number of aliphatic hydroxyl groups is 2. The van der Waals surface area contributed by atoms with Crippen LogP contribution in [0.5, 0.6) is 0 Å². The minimum Gasteiger partial charge on any atom is -0.453 e. The summed E-state index contributed by atoms with van der Waals surface area (Å²) in [6, 6.07) is 29.4. The normalized spacial score (nSPS) is 12.9. The highest BCUT2D eigenvalue weighted by atomic mass is 32.2. The molecule has 47 heavy (non-hydrogen) atoms. The Morgan fingerprint density at radius 2 is 1.40 bits per heavy atom. The van der Waals surface area contributed by atoms with E-state index in [1.54, 1.807) is 50.2 Å². The van der Waals surface area contributed by atoms with Crippen LogP contribution in [0, 0.1) is 0 Å². The number of anilines is 1. The van der Waals surface area contributed by atoms with Gasteiger partial charge in [-0.2, -0.15) is 4.31 Å². The third kappa shape index (κ3) is 8.83. The van der Waals surface area contributed by atoms with Crippen LogP contribution in [0.25, 0.3) is 0 Å². The van der Waals surface area contributed by atoms with Crippen LogP contribution < -0.4 is 10.6 Å². The lowest BCUT2D eigenvalue weighted by Gasteiger charge is -2.33. The number of hydrogen-bond donors (Lipinski definition) is 4. The number of amides is 2. The number of alkyl carbamates (subject to hydrolysis) is 1. The fraction of sp³-hybridized carbons (Fsp3) is 0.278. The molecular formula is C36H41N3O7S. The molecule has 0 aliphatic carbocycles. The zero-order valence-corrected chi connectivity index (χ0v) is 27.4. The maximum Gasteiger partial charge on any atom is 0.407 e. The van der Waals surface area contributed by atoms with Gasteiger partial charge in [-0.25, -0.2) is 13.2 Å². The molecule has 4 N–H and O–H groups in total. The van der Waals surface area contributed by atoms with E-state index in [1.165, 1.54) is 23.5 Å². The fourth-order valence-electron chi connectivity index (χ4n) is 5.67. The molecule has 4 aromatic rings. The molecule has 248 valence electrons. The van der Waals surface area contributed by atoms with Crippen LogP contribution in [-0.4, -0.2) is 66.8 Å². The molecule has 0 spiro atoms. The average molecular weight is 660 g/mol. The number of ether oxygens (including phenoxy) is 1. The molecule has 0 aromatic heterocycles. The van der Waals surface area contributed by atoms with E-state index in [0.29, 0.717) is 16.8 Å². The van der Waals surface area contributed by atoms with Crippen molar-refractivity contribution in [2.45, 2.75) is 55.8 Å². The molecule has 0 aliphatic rings. The topological polar surface area (TPSA) is 145 Å². The van der Waals surface area contributed by atoms with Crippen molar-refractivity contribution in [1.29, 1.82) is 0 Å². The van der Waals surface area contributed by atoms with Gasteiger partial charge in [0.1, 0.15) is 6.04 Å². The second-order valence-corrected chi connectivity index (χ2v) is 13.2. The first kappa shape index (κ1) is 35.3. The highest BCUT2D eigenvalue weighted by molar-refractivity contribution is 7.89. The van der Waals surface area contributed by atoms with Gasteiger partial charge in [0.2, 0.25) is 15.9 Å². The van der Waals surface area contributed by atoms with Gasteiger partial charge in [-0.05, 0) is 66.8 Å². The third-order valence-corrected chi connectivity index (χ3v) is 9.96. The summed E-state index contributed by atoms with van der Waals surface area (Å²) in [5, 5.41) is 25.4. The maximum atomic E-state index is 13.9. The lowest BCUT2D eigenvalue weighted by Crippen LogP contribution is -2.48. The van der Waals surface area contributed by atoms with Gasteiger partial charge in [-0.3, -0.25) is 4.79 Å². The number of methoxy groups -OCH3 is 1. The number of benzene rings is 4. The molecular weight excluding hydrogens is 618 g/mol. The zero-order chi connectivity index (χ0) is 34.0. The minimum atomic E-state index is -4.00. The molecule has 0 fully saturated rings. The van der Waals surface area contributed by atoms with Crippen LogP contribution in [0.3, 0.4) is 0 Å². The van der Waals surface area contributed by atoms with Crippen molar-refractivity contribution in [3.8, 4) is 0 Å². The van der Waals surface area contributed by atoms with E-state index >= 15 is 0 Å². The fourth-order valence-corrected chi connectivity index (χ4v) is 7.48. The van der Waals surface area contributed by atoms with Gasteiger partial charge >= 0.3 is 6.09 Å². The van der Waals surface area contributed by atoms with Gasteiger partial charge in [0.15, 0.2) is 0 Å². The van der Waals surface area contributed by atoms with Crippen molar-refractivity contribution < 1.29 is 33.0 Å². The van der Waals surface area contributed by atoms with Crippen molar-refractivity contribution in [2.75, 3.05) is 19.0 Å². The molecule has 0 saturated heterocycles. The van der Waals surface area contributed by atoms with Gasteiger partial charge in [-0.1, -0.05) is 84.9 Å². The van der Waals surface area contributed by atoms with Gasteiger partial charge in [0.05, 0.1) is 31.3 Å². The molecule has 2 amide bonds. The number of carbonyl (C=O) groups is 2. The molecule has 0 saturated carbocycles. The number of nitrogens with one attached hydrogen (secondary N) is 2. The average Bonchev–Trinajstić information content (AvgIpc) is 3.08. The smallest absolute Gasteiger partial charge is 0.407 e. The molecule has 11 heteroatoms. The van der Waals surface area contributed by atoms with Gasteiger partial charge in [0.25, 0.3) is 0 Å². The lowest BCUT2D eigenvalue weighted by atomic mass is 9.84. The quantitative estimate of drug-likeness (QED) is 0.154. The van der Waals surface area contributed by atoms with E-state index < -0.39 is 52.7 Å². The molecule has 4 aromatic carbocycles. The molecule has 0 aliphatic heterocycles. The summed E-state index contributed by atoms with van der Waals surface area (Å²) < 4.78 is 33.6. The predicted molar refractivity (Wildman–Crippen MR) is 180 cm³/mol. The monoisotopic (exact) mass is 659 g/mol. The second-order valence-electron chi connectivity index (χ2n) is 11.4. The summed E-state index contributed by atoms with van der Waals surface area (Å²) in [5.41, 5.74) is 3.32. The number of rotatable bonds is 14. The Hall–Kier alpha value is -4.55. The Kier molecular flexibility index (Phi) is 12.3. The molecule has 0 unspecified atom stereocenters. The Morgan fingerprint density at radius 3 is 1.91 bits per heavy atom. The van der Waals surface area contributed by atoms with E-state index in [2.05, 4.69) is 10.6 Å². The van der Waals surface area contributed by atoms with Gasteiger partial charge in [0, 0.05) is 17.6 Å². The zero-order valence-electron chi connectivity index (χ0n) is 26.6. The van der Waals surface area contributed by atoms with E-state index in [-0.39, 0.29) is 17.9 Å². The predicted octanol–water partition coefficient (Wildman–Crippen LogP) is 4.68. The highest BCUT2D eigenvalue weighted by Crippen LogP contribution is 2.30. The van der Waals surface area contributed by atoms with Crippen molar-refractivity contribution in [2.24, 2.45) is 0 Å². The van der Waals surface area contributed by atoms with Crippen molar-refractivity contribution >= 4 is 27.7 Å². The van der Waals surface area contributed by atoms with Crippen LogP contribution in [0.1, 0.15) is 42.0 Å². The standard InChI is InChI=1S/C36H41N3O7S/c1-25(2)39(47(44,45)32-19-17-26(23-40)18-20-32)31(24-41)22-27-11-10-16-30(21-27)37-35(42)34(38-36(43)46-3)33(28-12-6-4-7-13-28)29-14-8-5-9-15-29/h4-21,25,31,33-34,40-41H,22-24H2,1-3H3,(H,37,42)(H,38,43)/t31-,34-/m0/s1. The van der Waals surface area contributed by atoms with Crippen LogP contribution in [0.4, 0.5) is 10.5 Å². The third-order valence-electron chi connectivity index (χ3n) is 7.82. The van der Waals surface area contributed by atoms with Crippen LogP contribution >= 0.6 is 0 Å². The van der Waals surface area contributed by atoms with Crippen molar-refractivity contribution in [3.63, 3.8) is 0 Å². The summed E-state index contributed by atoms with van der Waals surface area (Å²) in [6.45, 7) is 2.83. The Bertz CT molecular complexity index is 1680. The molecule has 0 bridgehead atoms. The minimum absolute atomic E-state index is 0.0541. The molecule has 2 atom stereocenters. The highest BCUT2D eigenvalue weighted by Gasteiger charge is 2.35. The summed E-state index contributed by atoms with van der Waals surface area (Å²) in [6.07, 6.45) is -0.602. The van der Waals surface area contributed by atoms with E-state index in [9.17, 15) is 28.2 Å². The molecule has 0 heterocycles.